The molecule has 6 nitrogen and oxygen atoms in total. The Balaban J connectivity index is 2.13. The van der Waals surface area contributed by atoms with Gasteiger partial charge in [-0.25, -0.2) is 4.79 Å². The van der Waals surface area contributed by atoms with Crippen molar-refractivity contribution in [1.82, 2.24) is 5.32 Å². The lowest BCUT2D eigenvalue weighted by Crippen LogP contribution is -2.54. The van der Waals surface area contributed by atoms with Crippen molar-refractivity contribution in [2.75, 3.05) is 47.3 Å². The van der Waals surface area contributed by atoms with Gasteiger partial charge in [0, 0.05) is 26.4 Å². The first-order valence-electron chi connectivity index (χ1n) is 7.13. The lowest BCUT2D eigenvalue weighted by Gasteiger charge is -2.27. The van der Waals surface area contributed by atoms with Gasteiger partial charge in [0.05, 0.1) is 26.9 Å². The molecular formula is C14H27NO5. The standard InChI is InChI=1S/C14H27NO5/c1-14(13(16)18-3,15-12-5-6-12)11-20-8-4-7-19-10-9-17-2/h12,15H,4-11H2,1-3H3. The highest BCUT2D eigenvalue weighted by atomic mass is 16.5. The Labute approximate surface area is 121 Å². The Bertz CT molecular complexity index is 283. The number of rotatable bonds is 12. The van der Waals surface area contributed by atoms with Gasteiger partial charge < -0.3 is 18.9 Å². The summed E-state index contributed by atoms with van der Waals surface area (Å²) in [6.07, 6.45) is 3.02. The van der Waals surface area contributed by atoms with Crippen molar-refractivity contribution < 1.29 is 23.7 Å². The highest BCUT2D eigenvalue weighted by molar-refractivity contribution is 5.80. The molecule has 0 aromatic heterocycles. The minimum Gasteiger partial charge on any atom is -0.468 e. The van der Waals surface area contributed by atoms with E-state index in [4.69, 9.17) is 18.9 Å². The van der Waals surface area contributed by atoms with E-state index in [9.17, 15) is 4.79 Å². The molecule has 1 aliphatic carbocycles. The first-order valence-corrected chi connectivity index (χ1v) is 7.13. The van der Waals surface area contributed by atoms with Crippen molar-refractivity contribution in [2.24, 2.45) is 0 Å². The van der Waals surface area contributed by atoms with E-state index in [0.29, 0.717) is 39.1 Å². The Kier molecular flexibility index (Phi) is 8.06. The van der Waals surface area contributed by atoms with Gasteiger partial charge in [0.25, 0.3) is 0 Å². The van der Waals surface area contributed by atoms with Crippen molar-refractivity contribution in [1.29, 1.82) is 0 Å². The molecule has 6 heteroatoms. The molecule has 0 spiro atoms. The highest BCUT2D eigenvalue weighted by Crippen LogP contribution is 2.23. The van der Waals surface area contributed by atoms with Crippen molar-refractivity contribution in [2.45, 2.75) is 37.8 Å². The number of esters is 1. The molecule has 0 aliphatic heterocycles. The largest absolute Gasteiger partial charge is 0.468 e. The van der Waals surface area contributed by atoms with Gasteiger partial charge in [-0.2, -0.15) is 0 Å². The second kappa shape index (κ2) is 9.28. The summed E-state index contributed by atoms with van der Waals surface area (Å²) in [5.74, 6) is -0.277. The van der Waals surface area contributed by atoms with Crippen LogP contribution in [0, 0.1) is 0 Å². The van der Waals surface area contributed by atoms with Crippen molar-refractivity contribution >= 4 is 5.97 Å². The minimum absolute atomic E-state index is 0.277. The molecule has 0 amide bonds. The van der Waals surface area contributed by atoms with Crippen LogP contribution in [0.25, 0.3) is 0 Å². The second-order valence-electron chi connectivity index (χ2n) is 5.25. The third-order valence-corrected chi connectivity index (χ3v) is 3.14. The fourth-order valence-electron chi connectivity index (χ4n) is 1.85. The lowest BCUT2D eigenvalue weighted by atomic mass is 10.0. The normalized spacial score (nSPS) is 17.8. The average Bonchev–Trinajstić information content (AvgIpc) is 3.24. The molecule has 1 N–H and O–H groups in total. The van der Waals surface area contributed by atoms with E-state index < -0.39 is 5.54 Å². The number of carbonyl (C=O) groups excluding carboxylic acids is 1. The molecule has 1 atom stereocenters. The van der Waals surface area contributed by atoms with Crippen LogP contribution >= 0.6 is 0 Å². The molecule has 0 saturated heterocycles. The van der Waals surface area contributed by atoms with E-state index in [1.54, 1.807) is 7.11 Å². The maximum Gasteiger partial charge on any atom is 0.328 e. The zero-order valence-corrected chi connectivity index (χ0v) is 12.8. The first-order chi connectivity index (χ1) is 9.62. The fourth-order valence-corrected chi connectivity index (χ4v) is 1.85. The van der Waals surface area contributed by atoms with Gasteiger partial charge in [0.15, 0.2) is 0 Å². The fraction of sp³-hybridized carbons (Fsp3) is 0.929. The molecule has 1 aliphatic rings. The number of ether oxygens (including phenoxy) is 4. The first kappa shape index (κ1) is 17.4. The highest BCUT2D eigenvalue weighted by Gasteiger charge is 2.39. The van der Waals surface area contributed by atoms with E-state index in [0.717, 1.165) is 19.3 Å². The Hall–Kier alpha value is -0.690. The van der Waals surface area contributed by atoms with Crippen LogP contribution in [0.3, 0.4) is 0 Å². The topological polar surface area (TPSA) is 66.0 Å². The molecule has 1 rings (SSSR count). The van der Waals surface area contributed by atoms with Gasteiger partial charge in [0.2, 0.25) is 0 Å². The molecular weight excluding hydrogens is 262 g/mol. The molecule has 118 valence electrons. The van der Waals surface area contributed by atoms with Gasteiger partial charge >= 0.3 is 5.97 Å². The second-order valence-corrected chi connectivity index (χ2v) is 5.25. The predicted octanol–water partition coefficient (Wildman–Crippen LogP) is 0.740. The van der Waals surface area contributed by atoms with Gasteiger partial charge in [-0.3, -0.25) is 5.32 Å². The van der Waals surface area contributed by atoms with Crippen molar-refractivity contribution in [3.63, 3.8) is 0 Å². The van der Waals surface area contributed by atoms with E-state index in [2.05, 4.69) is 5.32 Å². The van der Waals surface area contributed by atoms with Gasteiger partial charge in [-0.05, 0) is 26.2 Å². The van der Waals surface area contributed by atoms with Crippen LogP contribution in [0.5, 0.6) is 0 Å². The third-order valence-electron chi connectivity index (χ3n) is 3.14. The molecule has 0 aromatic rings. The smallest absolute Gasteiger partial charge is 0.328 e. The SMILES string of the molecule is COCCOCCCOCC(C)(NC1CC1)C(=O)OC. The van der Waals surface area contributed by atoms with Crippen LogP contribution in [-0.4, -0.2) is 64.8 Å². The van der Waals surface area contributed by atoms with E-state index in [-0.39, 0.29) is 5.97 Å². The third kappa shape index (κ3) is 6.65. The van der Waals surface area contributed by atoms with Crippen LogP contribution in [-0.2, 0) is 23.7 Å². The monoisotopic (exact) mass is 289 g/mol. The Morgan fingerprint density at radius 2 is 1.85 bits per heavy atom. The number of hydrogen-bond acceptors (Lipinski definition) is 6. The zero-order chi connectivity index (χ0) is 14.8. The molecule has 0 aromatic carbocycles. The quantitative estimate of drug-likeness (QED) is 0.422. The van der Waals surface area contributed by atoms with Crippen LogP contribution in [0.1, 0.15) is 26.2 Å². The van der Waals surface area contributed by atoms with Crippen LogP contribution in [0.2, 0.25) is 0 Å². The Morgan fingerprint density at radius 3 is 2.45 bits per heavy atom. The Morgan fingerprint density at radius 1 is 1.15 bits per heavy atom. The maximum absolute atomic E-state index is 11.8. The minimum atomic E-state index is -0.757. The van der Waals surface area contributed by atoms with Crippen molar-refractivity contribution in [3.8, 4) is 0 Å². The number of nitrogens with one attached hydrogen (secondary N) is 1. The van der Waals surface area contributed by atoms with E-state index >= 15 is 0 Å². The summed E-state index contributed by atoms with van der Waals surface area (Å²) < 4.78 is 20.6. The molecule has 1 saturated carbocycles. The van der Waals surface area contributed by atoms with Gasteiger partial charge in [-0.1, -0.05) is 0 Å². The summed E-state index contributed by atoms with van der Waals surface area (Å²) in [4.78, 5) is 11.8. The molecule has 0 heterocycles. The zero-order valence-electron chi connectivity index (χ0n) is 12.8. The number of methoxy groups -OCH3 is 2. The summed E-state index contributed by atoms with van der Waals surface area (Å²) in [6.45, 7) is 4.53. The summed E-state index contributed by atoms with van der Waals surface area (Å²) in [6, 6.07) is 0.417. The lowest BCUT2D eigenvalue weighted by molar-refractivity contribution is -0.150. The number of hydrogen-bond donors (Lipinski definition) is 1. The van der Waals surface area contributed by atoms with Gasteiger partial charge in [0.1, 0.15) is 5.54 Å². The van der Waals surface area contributed by atoms with Crippen molar-refractivity contribution in [3.05, 3.63) is 0 Å². The van der Waals surface area contributed by atoms with Gasteiger partial charge in [-0.15, -0.1) is 0 Å². The summed E-state index contributed by atoms with van der Waals surface area (Å²) in [5, 5.41) is 3.29. The van der Waals surface area contributed by atoms with Crippen LogP contribution < -0.4 is 5.32 Å². The van der Waals surface area contributed by atoms with E-state index in [1.807, 2.05) is 6.92 Å². The summed E-state index contributed by atoms with van der Waals surface area (Å²) in [5.41, 5.74) is -0.757. The number of carbonyl (C=O) groups is 1. The van der Waals surface area contributed by atoms with Crippen LogP contribution in [0.4, 0.5) is 0 Å². The van der Waals surface area contributed by atoms with Crippen LogP contribution in [0.15, 0.2) is 0 Å². The molecule has 0 bridgehead atoms. The van der Waals surface area contributed by atoms with E-state index in [1.165, 1.54) is 7.11 Å². The summed E-state index contributed by atoms with van der Waals surface area (Å²) >= 11 is 0. The molecule has 0 radical (unpaired) electrons. The molecule has 20 heavy (non-hydrogen) atoms. The average molecular weight is 289 g/mol. The predicted molar refractivity (Wildman–Crippen MR) is 74.7 cm³/mol. The maximum atomic E-state index is 11.8. The molecule has 1 unspecified atom stereocenters. The summed E-state index contributed by atoms with van der Waals surface area (Å²) in [7, 11) is 3.05. The molecule has 1 fully saturated rings.